The highest BCUT2D eigenvalue weighted by molar-refractivity contribution is 5.95. The summed E-state index contributed by atoms with van der Waals surface area (Å²) in [5, 5.41) is 35.3. The van der Waals surface area contributed by atoms with E-state index in [1.165, 1.54) is 11.8 Å². The summed E-state index contributed by atoms with van der Waals surface area (Å²) in [5.41, 5.74) is 0. The number of aliphatic carboxylic acids is 2. The maximum Gasteiger partial charge on any atom is 0.326 e. The van der Waals surface area contributed by atoms with Gasteiger partial charge in [-0.15, -0.1) is 0 Å². The Labute approximate surface area is 173 Å². The molecule has 2 heterocycles. The molecule has 0 bridgehead atoms. The van der Waals surface area contributed by atoms with Crippen LogP contribution >= 0.6 is 0 Å². The average Bonchev–Trinajstić information content (AvgIpc) is 3.35. The Morgan fingerprint density at radius 2 is 1.80 bits per heavy atom. The molecule has 0 aliphatic carbocycles. The van der Waals surface area contributed by atoms with E-state index in [0.717, 1.165) is 13.0 Å². The largest absolute Gasteiger partial charge is 0.481 e. The number of nitrogens with zero attached hydrogens (tertiary/aromatic N) is 1. The molecule has 12 nitrogen and oxygen atoms in total. The first-order chi connectivity index (χ1) is 14.1. The van der Waals surface area contributed by atoms with Gasteiger partial charge in [0.15, 0.2) is 0 Å². The van der Waals surface area contributed by atoms with Crippen LogP contribution < -0.4 is 16.0 Å². The van der Waals surface area contributed by atoms with E-state index in [-0.39, 0.29) is 11.9 Å². The van der Waals surface area contributed by atoms with Crippen LogP contribution in [0.25, 0.3) is 0 Å². The maximum atomic E-state index is 12.8. The van der Waals surface area contributed by atoms with Crippen LogP contribution in [0, 0.1) is 0 Å². The highest BCUT2D eigenvalue weighted by atomic mass is 16.4. The van der Waals surface area contributed by atoms with Crippen molar-refractivity contribution in [2.75, 3.05) is 13.1 Å². The lowest BCUT2D eigenvalue weighted by Crippen LogP contribution is -2.59. The first kappa shape index (κ1) is 23.5. The van der Waals surface area contributed by atoms with Crippen molar-refractivity contribution >= 4 is 29.7 Å². The minimum atomic E-state index is -1.72. The number of amides is 3. The molecule has 6 N–H and O–H groups in total. The number of hydrogen-bond donors (Lipinski definition) is 6. The van der Waals surface area contributed by atoms with Crippen molar-refractivity contribution < 1.29 is 39.3 Å². The first-order valence-electron chi connectivity index (χ1n) is 9.89. The molecule has 0 aromatic heterocycles. The fourth-order valence-corrected chi connectivity index (χ4v) is 3.69. The summed E-state index contributed by atoms with van der Waals surface area (Å²) in [6.45, 7) is 2.37. The lowest BCUT2D eigenvalue weighted by Gasteiger charge is -2.29. The zero-order chi connectivity index (χ0) is 22.4. The predicted molar refractivity (Wildman–Crippen MR) is 101 cm³/mol. The van der Waals surface area contributed by atoms with Crippen LogP contribution in [0.1, 0.15) is 39.0 Å². The number of rotatable bonds is 9. The second kappa shape index (κ2) is 10.3. The SMILES string of the molecule is CC(O)C(NC(=O)C1CCCN1C(=O)C1CCCN1)C(=O)NC(CC(=O)O)C(=O)O. The van der Waals surface area contributed by atoms with Gasteiger partial charge in [0.2, 0.25) is 17.7 Å². The summed E-state index contributed by atoms with van der Waals surface area (Å²) in [4.78, 5) is 61.3. The van der Waals surface area contributed by atoms with E-state index in [9.17, 15) is 29.1 Å². The van der Waals surface area contributed by atoms with E-state index in [0.29, 0.717) is 25.8 Å². The van der Waals surface area contributed by atoms with E-state index in [2.05, 4.69) is 10.6 Å². The van der Waals surface area contributed by atoms with Gasteiger partial charge in [-0.2, -0.15) is 0 Å². The molecule has 3 amide bonds. The Kier molecular flexibility index (Phi) is 8.12. The minimum absolute atomic E-state index is 0.185. The Balaban J connectivity index is 2.04. The van der Waals surface area contributed by atoms with Crippen LogP contribution in [0.3, 0.4) is 0 Å². The highest BCUT2D eigenvalue weighted by Gasteiger charge is 2.40. The molecule has 2 rings (SSSR count). The molecule has 5 unspecified atom stereocenters. The Morgan fingerprint density at radius 3 is 2.33 bits per heavy atom. The van der Waals surface area contributed by atoms with Crippen molar-refractivity contribution in [3.63, 3.8) is 0 Å². The standard InChI is InChI=1S/C18H28N4O8/c1-9(23)14(16(27)20-11(18(29)30)8-13(24)25)21-15(26)12-5-3-7-22(12)17(28)10-4-2-6-19-10/h9-12,14,19,23H,2-8H2,1H3,(H,20,27)(H,21,26)(H,24,25)(H,29,30). The smallest absolute Gasteiger partial charge is 0.326 e. The number of carboxylic acids is 2. The summed E-state index contributed by atoms with van der Waals surface area (Å²) in [7, 11) is 0. The highest BCUT2D eigenvalue weighted by Crippen LogP contribution is 2.21. The van der Waals surface area contributed by atoms with Crippen molar-refractivity contribution in [1.82, 2.24) is 20.9 Å². The van der Waals surface area contributed by atoms with Crippen molar-refractivity contribution in [3.8, 4) is 0 Å². The fraction of sp³-hybridized carbons (Fsp3) is 0.722. The van der Waals surface area contributed by atoms with Crippen LogP contribution in [0.15, 0.2) is 0 Å². The van der Waals surface area contributed by atoms with Gasteiger partial charge in [-0.3, -0.25) is 19.2 Å². The lowest BCUT2D eigenvalue weighted by molar-refractivity contribution is -0.148. The van der Waals surface area contributed by atoms with Gasteiger partial charge in [0.05, 0.1) is 18.6 Å². The summed E-state index contributed by atoms with van der Waals surface area (Å²) >= 11 is 0. The number of carbonyl (C=O) groups excluding carboxylic acids is 3. The molecule has 5 atom stereocenters. The average molecular weight is 428 g/mol. The predicted octanol–water partition coefficient (Wildman–Crippen LogP) is -2.36. The first-order valence-corrected chi connectivity index (χ1v) is 9.89. The molecule has 0 aromatic rings. The summed E-state index contributed by atoms with van der Waals surface area (Å²) in [6, 6.07) is -4.37. The van der Waals surface area contributed by atoms with E-state index in [1.54, 1.807) is 0 Å². The second-order valence-electron chi connectivity index (χ2n) is 7.56. The van der Waals surface area contributed by atoms with Crippen molar-refractivity contribution in [2.24, 2.45) is 0 Å². The molecule has 2 saturated heterocycles. The number of carboxylic acid groups (broad SMARTS) is 2. The molecule has 30 heavy (non-hydrogen) atoms. The zero-order valence-electron chi connectivity index (χ0n) is 16.7. The van der Waals surface area contributed by atoms with Crippen molar-refractivity contribution in [1.29, 1.82) is 0 Å². The molecule has 2 aliphatic heterocycles. The molecule has 12 heteroatoms. The zero-order valence-corrected chi connectivity index (χ0v) is 16.7. The van der Waals surface area contributed by atoms with Gasteiger partial charge < -0.3 is 36.2 Å². The molecule has 0 spiro atoms. The number of aliphatic hydroxyl groups is 1. The van der Waals surface area contributed by atoms with Crippen LogP contribution in [-0.2, 0) is 24.0 Å². The Morgan fingerprint density at radius 1 is 1.10 bits per heavy atom. The summed E-state index contributed by atoms with van der Waals surface area (Å²) < 4.78 is 0. The van der Waals surface area contributed by atoms with Gasteiger partial charge in [-0.1, -0.05) is 0 Å². The summed E-state index contributed by atoms with van der Waals surface area (Å²) in [5.74, 6) is -4.83. The van der Waals surface area contributed by atoms with Gasteiger partial charge in [-0.05, 0) is 39.2 Å². The minimum Gasteiger partial charge on any atom is -0.481 e. The Hall–Kier alpha value is -2.73. The fourth-order valence-electron chi connectivity index (χ4n) is 3.69. The van der Waals surface area contributed by atoms with Gasteiger partial charge in [0.1, 0.15) is 18.1 Å². The lowest BCUT2D eigenvalue weighted by atomic mass is 10.1. The van der Waals surface area contributed by atoms with Crippen LogP contribution in [0.4, 0.5) is 0 Å². The third kappa shape index (κ3) is 5.89. The molecule has 2 fully saturated rings. The monoisotopic (exact) mass is 428 g/mol. The maximum absolute atomic E-state index is 12.8. The van der Waals surface area contributed by atoms with E-state index >= 15 is 0 Å². The van der Waals surface area contributed by atoms with Crippen molar-refractivity contribution in [2.45, 2.75) is 69.3 Å². The van der Waals surface area contributed by atoms with Gasteiger partial charge >= 0.3 is 11.9 Å². The quantitative estimate of drug-likeness (QED) is 0.234. The van der Waals surface area contributed by atoms with Crippen LogP contribution in [-0.4, -0.2) is 93.2 Å². The third-order valence-corrected chi connectivity index (χ3v) is 5.25. The normalized spacial score (nSPS) is 24.0. The van der Waals surface area contributed by atoms with Gasteiger partial charge in [-0.25, -0.2) is 4.79 Å². The number of hydrogen-bond acceptors (Lipinski definition) is 7. The number of nitrogens with one attached hydrogen (secondary N) is 3. The van der Waals surface area contributed by atoms with Gasteiger partial charge in [0.25, 0.3) is 0 Å². The molecule has 2 aliphatic rings. The van der Waals surface area contributed by atoms with Crippen LogP contribution in [0.2, 0.25) is 0 Å². The molecular weight excluding hydrogens is 400 g/mol. The second-order valence-corrected chi connectivity index (χ2v) is 7.56. The third-order valence-electron chi connectivity index (χ3n) is 5.25. The van der Waals surface area contributed by atoms with Crippen molar-refractivity contribution in [3.05, 3.63) is 0 Å². The molecule has 0 saturated carbocycles. The Bertz CT molecular complexity index is 692. The van der Waals surface area contributed by atoms with E-state index in [1.807, 2.05) is 5.32 Å². The van der Waals surface area contributed by atoms with E-state index < -0.39 is 54.4 Å². The van der Waals surface area contributed by atoms with E-state index in [4.69, 9.17) is 10.2 Å². The molecule has 0 aromatic carbocycles. The molecule has 0 radical (unpaired) electrons. The topological polar surface area (TPSA) is 185 Å². The molecular formula is C18H28N4O8. The summed E-state index contributed by atoms with van der Waals surface area (Å²) in [6.07, 6.45) is 0.322. The number of likely N-dealkylation sites (tertiary alicyclic amines) is 1. The molecule has 168 valence electrons. The number of aliphatic hydroxyl groups excluding tert-OH is 1. The van der Waals surface area contributed by atoms with Crippen LogP contribution in [0.5, 0.6) is 0 Å². The number of carbonyl (C=O) groups is 5. The van der Waals surface area contributed by atoms with Gasteiger partial charge in [0, 0.05) is 6.54 Å².